The molecule has 0 aliphatic heterocycles. The summed E-state index contributed by atoms with van der Waals surface area (Å²) in [6, 6.07) is 6.06. The van der Waals surface area contributed by atoms with Gasteiger partial charge < -0.3 is 15.6 Å². The predicted molar refractivity (Wildman–Crippen MR) is 65.5 cm³/mol. The molecule has 0 saturated carbocycles. The second-order valence-corrected chi connectivity index (χ2v) is 3.94. The van der Waals surface area contributed by atoms with Crippen LogP contribution in [0.25, 0.3) is 0 Å². The van der Waals surface area contributed by atoms with Crippen LogP contribution in [0.2, 0.25) is 0 Å². The van der Waals surface area contributed by atoms with Gasteiger partial charge in [-0.1, -0.05) is 12.1 Å². The van der Waals surface area contributed by atoms with Gasteiger partial charge in [0.2, 0.25) is 0 Å². The molecule has 0 aliphatic carbocycles. The quantitative estimate of drug-likeness (QED) is 0.695. The molecule has 1 aromatic carbocycles. The molecule has 0 unspecified atom stereocenters. The minimum Gasteiger partial charge on any atom is -0.493 e. The second kappa shape index (κ2) is 7.25. The smallest absolute Gasteiger partial charge is 0.122 e. The van der Waals surface area contributed by atoms with Crippen LogP contribution in [0.4, 0.5) is 0 Å². The van der Waals surface area contributed by atoms with E-state index >= 15 is 0 Å². The number of aryl methyl sites for hydroxylation is 1. The van der Waals surface area contributed by atoms with Crippen molar-refractivity contribution in [2.45, 2.75) is 32.7 Å². The number of aliphatic hydroxyl groups is 1. The number of hydrogen-bond donors (Lipinski definition) is 2. The Bertz CT molecular complexity index is 313. The summed E-state index contributed by atoms with van der Waals surface area (Å²) in [6.07, 6.45) is 2.84. The average Bonchev–Trinajstić information content (AvgIpc) is 2.31. The average molecular weight is 223 g/mol. The molecule has 16 heavy (non-hydrogen) atoms. The van der Waals surface area contributed by atoms with Gasteiger partial charge in [0.1, 0.15) is 5.75 Å². The SMILES string of the molecule is Cc1ccc(CN)cc1OCCCCCO. The van der Waals surface area contributed by atoms with E-state index in [1.807, 2.05) is 25.1 Å². The molecule has 0 radical (unpaired) electrons. The van der Waals surface area contributed by atoms with Crippen molar-refractivity contribution in [3.8, 4) is 5.75 Å². The van der Waals surface area contributed by atoms with Crippen molar-refractivity contribution in [2.24, 2.45) is 5.73 Å². The standard InChI is InChI=1S/C13H21NO2/c1-11-5-6-12(10-14)9-13(11)16-8-4-2-3-7-15/h5-6,9,15H,2-4,7-8,10,14H2,1H3. The number of benzene rings is 1. The van der Waals surface area contributed by atoms with E-state index in [-0.39, 0.29) is 6.61 Å². The van der Waals surface area contributed by atoms with Crippen molar-refractivity contribution in [2.75, 3.05) is 13.2 Å². The van der Waals surface area contributed by atoms with Gasteiger partial charge in [-0.3, -0.25) is 0 Å². The van der Waals surface area contributed by atoms with E-state index in [1.54, 1.807) is 0 Å². The van der Waals surface area contributed by atoms with E-state index in [9.17, 15) is 0 Å². The van der Waals surface area contributed by atoms with Crippen molar-refractivity contribution in [3.05, 3.63) is 29.3 Å². The molecule has 3 nitrogen and oxygen atoms in total. The van der Waals surface area contributed by atoms with Crippen LogP contribution in [0.15, 0.2) is 18.2 Å². The van der Waals surface area contributed by atoms with Crippen molar-refractivity contribution in [1.29, 1.82) is 0 Å². The first-order chi connectivity index (χ1) is 7.77. The van der Waals surface area contributed by atoms with Crippen LogP contribution in [0, 0.1) is 6.92 Å². The Morgan fingerprint density at radius 3 is 2.75 bits per heavy atom. The summed E-state index contributed by atoms with van der Waals surface area (Å²) in [5.41, 5.74) is 7.81. The fourth-order valence-corrected chi connectivity index (χ4v) is 1.50. The molecule has 0 amide bonds. The molecule has 0 bridgehead atoms. The number of aliphatic hydroxyl groups excluding tert-OH is 1. The van der Waals surface area contributed by atoms with Crippen LogP contribution >= 0.6 is 0 Å². The van der Waals surface area contributed by atoms with Crippen LogP contribution in [0.3, 0.4) is 0 Å². The summed E-state index contributed by atoms with van der Waals surface area (Å²) in [5.74, 6) is 0.923. The van der Waals surface area contributed by atoms with E-state index in [0.29, 0.717) is 13.2 Å². The fraction of sp³-hybridized carbons (Fsp3) is 0.538. The highest BCUT2D eigenvalue weighted by atomic mass is 16.5. The molecule has 3 heteroatoms. The molecular weight excluding hydrogens is 202 g/mol. The third-order valence-corrected chi connectivity index (χ3v) is 2.55. The molecule has 0 aliphatic rings. The zero-order chi connectivity index (χ0) is 11.8. The normalized spacial score (nSPS) is 10.4. The van der Waals surface area contributed by atoms with Crippen LogP contribution in [0.5, 0.6) is 5.75 Å². The molecule has 0 atom stereocenters. The van der Waals surface area contributed by atoms with E-state index in [0.717, 1.165) is 36.1 Å². The van der Waals surface area contributed by atoms with Gasteiger partial charge >= 0.3 is 0 Å². The maximum Gasteiger partial charge on any atom is 0.122 e. The van der Waals surface area contributed by atoms with E-state index in [2.05, 4.69) is 0 Å². The topological polar surface area (TPSA) is 55.5 Å². The third-order valence-electron chi connectivity index (χ3n) is 2.55. The Kier molecular flexibility index (Phi) is 5.90. The molecule has 1 aromatic rings. The van der Waals surface area contributed by atoms with Crippen molar-refractivity contribution >= 4 is 0 Å². The maximum atomic E-state index is 8.64. The van der Waals surface area contributed by atoms with Crippen LogP contribution < -0.4 is 10.5 Å². The summed E-state index contributed by atoms with van der Waals surface area (Å²) in [7, 11) is 0. The van der Waals surface area contributed by atoms with Gasteiger partial charge in [-0.15, -0.1) is 0 Å². The molecule has 0 spiro atoms. The molecular formula is C13H21NO2. The number of hydrogen-bond acceptors (Lipinski definition) is 3. The summed E-state index contributed by atoms with van der Waals surface area (Å²) < 4.78 is 5.69. The van der Waals surface area contributed by atoms with Gasteiger partial charge in [-0.2, -0.15) is 0 Å². The van der Waals surface area contributed by atoms with Crippen LogP contribution in [0.1, 0.15) is 30.4 Å². The van der Waals surface area contributed by atoms with Crippen molar-refractivity contribution in [3.63, 3.8) is 0 Å². The number of unbranched alkanes of at least 4 members (excludes halogenated alkanes) is 2. The lowest BCUT2D eigenvalue weighted by Crippen LogP contribution is -2.02. The molecule has 0 saturated heterocycles. The highest BCUT2D eigenvalue weighted by Crippen LogP contribution is 2.19. The summed E-state index contributed by atoms with van der Waals surface area (Å²) in [4.78, 5) is 0. The highest BCUT2D eigenvalue weighted by Gasteiger charge is 2.00. The van der Waals surface area contributed by atoms with Crippen LogP contribution in [-0.4, -0.2) is 18.3 Å². The monoisotopic (exact) mass is 223 g/mol. The first kappa shape index (κ1) is 13.0. The first-order valence-electron chi connectivity index (χ1n) is 5.81. The molecule has 90 valence electrons. The zero-order valence-corrected chi connectivity index (χ0v) is 9.91. The molecule has 0 heterocycles. The van der Waals surface area contributed by atoms with Crippen molar-refractivity contribution < 1.29 is 9.84 Å². The predicted octanol–water partition coefficient (Wildman–Crippen LogP) is 2.00. The zero-order valence-electron chi connectivity index (χ0n) is 9.91. The Hall–Kier alpha value is -1.06. The molecule has 0 fully saturated rings. The van der Waals surface area contributed by atoms with Gasteiger partial charge in [0.25, 0.3) is 0 Å². The van der Waals surface area contributed by atoms with Gasteiger partial charge in [0, 0.05) is 13.2 Å². The molecule has 3 N–H and O–H groups in total. The summed E-state index contributed by atoms with van der Waals surface area (Å²) in [5, 5.41) is 8.64. The molecule has 1 rings (SSSR count). The molecule has 0 aromatic heterocycles. The summed E-state index contributed by atoms with van der Waals surface area (Å²) in [6.45, 7) is 3.54. The number of nitrogens with two attached hydrogens (primary N) is 1. The third kappa shape index (κ3) is 4.21. The van der Waals surface area contributed by atoms with E-state index in [4.69, 9.17) is 15.6 Å². The minimum absolute atomic E-state index is 0.266. The Labute approximate surface area is 97.2 Å². The van der Waals surface area contributed by atoms with E-state index < -0.39 is 0 Å². The number of rotatable bonds is 7. The lowest BCUT2D eigenvalue weighted by molar-refractivity contribution is 0.265. The number of ether oxygens (including phenoxy) is 1. The fourth-order valence-electron chi connectivity index (χ4n) is 1.50. The largest absolute Gasteiger partial charge is 0.493 e. The first-order valence-corrected chi connectivity index (χ1v) is 5.81. The summed E-state index contributed by atoms with van der Waals surface area (Å²) >= 11 is 0. The van der Waals surface area contributed by atoms with Crippen LogP contribution in [-0.2, 0) is 6.54 Å². The van der Waals surface area contributed by atoms with Crippen molar-refractivity contribution in [1.82, 2.24) is 0 Å². The lowest BCUT2D eigenvalue weighted by Gasteiger charge is -2.10. The Morgan fingerprint density at radius 2 is 2.06 bits per heavy atom. The second-order valence-electron chi connectivity index (χ2n) is 3.94. The Morgan fingerprint density at radius 1 is 1.25 bits per heavy atom. The minimum atomic E-state index is 0.266. The highest BCUT2D eigenvalue weighted by molar-refractivity contribution is 5.36. The lowest BCUT2D eigenvalue weighted by atomic mass is 10.1. The maximum absolute atomic E-state index is 8.64. The van der Waals surface area contributed by atoms with Gasteiger partial charge in [-0.05, 0) is 43.4 Å². The van der Waals surface area contributed by atoms with Gasteiger partial charge in [0.15, 0.2) is 0 Å². The Balaban J connectivity index is 2.40. The van der Waals surface area contributed by atoms with Gasteiger partial charge in [-0.25, -0.2) is 0 Å². The van der Waals surface area contributed by atoms with E-state index in [1.165, 1.54) is 0 Å². The van der Waals surface area contributed by atoms with Gasteiger partial charge in [0.05, 0.1) is 6.61 Å².